The Morgan fingerprint density at radius 1 is 1.03 bits per heavy atom. The van der Waals surface area contributed by atoms with Crippen LogP contribution in [0.5, 0.6) is 0 Å². The van der Waals surface area contributed by atoms with E-state index in [0.29, 0.717) is 36.2 Å². The van der Waals surface area contributed by atoms with Crippen LogP contribution < -0.4 is 0 Å². The summed E-state index contributed by atoms with van der Waals surface area (Å²) in [6, 6.07) is 0. The van der Waals surface area contributed by atoms with Gasteiger partial charge in [0.15, 0.2) is 11.6 Å². The molecule has 5 rings (SSSR count). The Morgan fingerprint density at radius 3 is 2.45 bits per heavy atom. The molecule has 0 spiro atoms. The van der Waals surface area contributed by atoms with Crippen molar-refractivity contribution < 1.29 is 19.4 Å². The van der Waals surface area contributed by atoms with Gasteiger partial charge in [-0.05, 0) is 81.5 Å². The third-order valence-electron chi connectivity index (χ3n) is 9.65. The fraction of sp³-hybridized carbons (Fsp3) is 0.800. The van der Waals surface area contributed by atoms with Crippen molar-refractivity contribution in [3.8, 4) is 0 Å². The zero-order valence-electron chi connectivity index (χ0n) is 18.5. The number of hydrogen-bond donors (Lipinski definition) is 1. The van der Waals surface area contributed by atoms with Gasteiger partial charge in [-0.2, -0.15) is 0 Å². The number of carbonyl (C=O) groups is 1. The van der Waals surface area contributed by atoms with Gasteiger partial charge in [0, 0.05) is 17.9 Å². The molecule has 8 atom stereocenters. The van der Waals surface area contributed by atoms with Gasteiger partial charge < -0.3 is 14.6 Å². The van der Waals surface area contributed by atoms with Gasteiger partial charge >= 0.3 is 0 Å². The maximum Gasteiger partial charge on any atom is 0.163 e. The van der Waals surface area contributed by atoms with E-state index in [2.05, 4.69) is 26.8 Å². The normalized spacial score (nSPS) is 53.5. The molecule has 29 heavy (non-hydrogen) atoms. The molecule has 0 amide bonds. The number of allylic oxidation sites excluding steroid dienone is 3. The van der Waals surface area contributed by atoms with Crippen molar-refractivity contribution in [2.75, 3.05) is 0 Å². The molecule has 4 aliphatic carbocycles. The molecule has 5 fully saturated rings. The lowest BCUT2D eigenvalue weighted by Gasteiger charge is -2.62. The number of fused-ring (bicyclic) bond motifs is 8. The van der Waals surface area contributed by atoms with Crippen LogP contribution in [-0.4, -0.2) is 28.9 Å². The first-order valence-corrected chi connectivity index (χ1v) is 11.5. The Kier molecular flexibility index (Phi) is 4.23. The molecule has 0 aromatic heterocycles. The topological polar surface area (TPSA) is 55.8 Å². The maximum absolute atomic E-state index is 12.7. The standard InChI is InChI=1S/C25H36O4/c1-6-15-7-8-16-20-17(9-10-24(15,16)4)25(5)12-14(13-26)19(27)11-18(25)21-22(20)29-23(2,3)28-21/h6,13,16-18,20-22,26H,7-12H2,1-5H3/b14-13?,15-6+/t16-,17-,18+,20-,21+,22+,24+,25+/m0/s1. The first kappa shape index (κ1) is 19.8. The Bertz CT molecular complexity index is 795. The number of ketones is 1. The molecule has 0 unspecified atom stereocenters. The van der Waals surface area contributed by atoms with Crippen molar-refractivity contribution in [3.05, 3.63) is 23.5 Å². The zero-order valence-corrected chi connectivity index (χ0v) is 18.5. The quantitative estimate of drug-likeness (QED) is 0.339. The molecule has 0 aromatic carbocycles. The van der Waals surface area contributed by atoms with Crippen LogP contribution in [0.2, 0.25) is 0 Å². The summed E-state index contributed by atoms with van der Waals surface area (Å²) in [4.78, 5) is 12.7. The van der Waals surface area contributed by atoms with Gasteiger partial charge in [-0.15, -0.1) is 0 Å². The number of hydrogen-bond acceptors (Lipinski definition) is 4. The third-order valence-corrected chi connectivity index (χ3v) is 9.65. The first-order chi connectivity index (χ1) is 13.6. The summed E-state index contributed by atoms with van der Waals surface area (Å²) in [5.74, 6) is 1.21. The number of rotatable bonds is 0. The monoisotopic (exact) mass is 400 g/mol. The summed E-state index contributed by atoms with van der Waals surface area (Å²) in [5.41, 5.74) is 2.46. The molecule has 4 heteroatoms. The largest absolute Gasteiger partial charge is 0.515 e. The number of ether oxygens (including phenoxy) is 2. The van der Waals surface area contributed by atoms with Gasteiger partial charge in [-0.3, -0.25) is 4.79 Å². The average Bonchev–Trinajstić information content (AvgIpc) is 3.17. The highest BCUT2D eigenvalue weighted by Crippen LogP contribution is 2.69. The van der Waals surface area contributed by atoms with Crippen LogP contribution in [0.15, 0.2) is 23.5 Å². The Labute approximate surface area is 174 Å². The van der Waals surface area contributed by atoms with E-state index in [9.17, 15) is 9.90 Å². The summed E-state index contributed by atoms with van der Waals surface area (Å²) >= 11 is 0. The second-order valence-corrected chi connectivity index (χ2v) is 11.2. The van der Waals surface area contributed by atoms with Crippen molar-refractivity contribution in [2.24, 2.45) is 34.5 Å². The highest BCUT2D eigenvalue weighted by molar-refractivity contribution is 5.96. The summed E-state index contributed by atoms with van der Waals surface area (Å²) in [6.07, 6.45) is 9.41. The molecule has 0 aromatic rings. The van der Waals surface area contributed by atoms with E-state index >= 15 is 0 Å². The second kappa shape index (κ2) is 6.20. The number of Topliss-reactive ketones (excluding diaryl/α,β-unsaturated/α-hetero) is 1. The van der Waals surface area contributed by atoms with Gasteiger partial charge in [0.1, 0.15) is 0 Å². The molecule has 0 radical (unpaired) electrons. The van der Waals surface area contributed by atoms with Crippen LogP contribution in [0.1, 0.15) is 73.1 Å². The van der Waals surface area contributed by atoms with Crippen LogP contribution in [0, 0.1) is 34.5 Å². The SMILES string of the molecule is C/C=C1\CC[C@H]2[C@@H]3[C@H]4OC(C)(C)O[C@@H]4[C@H]4CC(=O)C(=CO)C[C@]4(C)[C@H]3CC[C@]12C. The molecular formula is C25H36O4. The van der Waals surface area contributed by atoms with E-state index in [1.165, 1.54) is 25.7 Å². The minimum Gasteiger partial charge on any atom is -0.515 e. The van der Waals surface area contributed by atoms with Gasteiger partial charge in [0.05, 0.1) is 18.5 Å². The van der Waals surface area contributed by atoms with Gasteiger partial charge in [-0.1, -0.05) is 25.5 Å². The number of carbonyl (C=O) groups excluding carboxylic acids is 1. The molecule has 160 valence electrons. The van der Waals surface area contributed by atoms with E-state index in [-0.39, 0.29) is 34.7 Å². The lowest BCUT2D eigenvalue weighted by molar-refractivity contribution is -0.169. The van der Waals surface area contributed by atoms with Crippen molar-refractivity contribution in [1.82, 2.24) is 0 Å². The molecule has 1 N–H and O–H groups in total. The average molecular weight is 401 g/mol. The lowest BCUT2D eigenvalue weighted by atomic mass is 9.43. The molecule has 0 bridgehead atoms. The fourth-order valence-electron chi connectivity index (χ4n) is 8.39. The predicted molar refractivity (Wildman–Crippen MR) is 111 cm³/mol. The van der Waals surface area contributed by atoms with E-state index in [1.807, 2.05) is 13.8 Å². The van der Waals surface area contributed by atoms with Crippen molar-refractivity contribution >= 4 is 5.78 Å². The molecule has 1 aliphatic heterocycles. The van der Waals surface area contributed by atoms with Gasteiger partial charge in [0.25, 0.3) is 0 Å². The van der Waals surface area contributed by atoms with Crippen LogP contribution in [0.4, 0.5) is 0 Å². The molecule has 5 aliphatic rings. The summed E-state index contributed by atoms with van der Waals surface area (Å²) in [6.45, 7) is 11.1. The summed E-state index contributed by atoms with van der Waals surface area (Å²) in [5, 5.41) is 9.74. The van der Waals surface area contributed by atoms with Crippen LogP contribution in [0.25, 0.3) is 0 Å². The highest BCUT2D eigenvalue weighted by Gasteiger charge is 2.68. The zero-order chi connectivity index (χ0) is 20.8. The minimum atomic E-state index is -0.600. The van der Waals surface area contributed by atoms with Crippen molar-refractivity contribution in [3.63, 3.8) is 0 Å². The van der Waals surface area contributed by atoms with Crippen molar-refractivity contribution in [1.29, 1.82) is 0 Å². The highest BCUT2D eigenvalue weighted by atomic mass is 16.8. The fourth-order valence-corrected chi connectivity index (χ4v) is 8.39. The minimum absolute atomic E-state index is 0.0297. The van der Waals surface area contributed by atoms with Crippen LogP contribution >= 0.6 is 0 Å². The van der Waals surface area contributed by atoms with Crippen LogP contribution in [0.3, 0.4) is 0 Å². The summed E-state index contributed by atoms with van der Waals surface area (Å²) in [7, 11) is 0. The maximum atomic E-state index is 12.7. The smallest absolute Gasteiger partial charge is 0.163 e. The molecular weight excluding hydrogens is 364 g/mol. The van der Waals surface area contributed by atoms with E-state index in [1.54, 1.807) is 5.57 Å². The predicted octanol–water partition coefficient (Wildman–Crippen LogP) is 5.34. The lowest BCUT2D eigenvalue weighted by Crippen LogP contribution is -2.63. The van der Waals surface area contributed by atoms with Crippen LogP contribution in [-0.2, 0) is 14.3 Å². The van der Waals surface area contributed by atoms with E-state index < -0.39 is 5.79 Å². The van der Waals surface area contributed by atoms with Gasteiger partial charge in [-0.25, -0.2) is 0 Å². The molecule has 1 saturated heterocycles. The number of aliphatic hydroxyl groups is 1. The first-order valence-electron chi connectivity index (χ1n) is 11.5. The van der Waals surface area contributed by atoms with Crippen molar-refractivity contribution in [2.45, 2.75) is 91.1 Å². The van der Waals surface area contributed by atoms with E-state index in [4.69, 9.17) is 9.47 Å². The third kappa shape index (κ3) is 2.54. The Hall–Kier alpha value is -1.13. The second-order valence-electron chi connectivity index (χ2n) is 11.2. The molecule has 4 nitrogen and oxygen atoms in total. The van der Waals surface area contributed by atoms with Gasteiger partial charge in [0.2, 0.25) is 0 Å². The Morgan fingerprint density at radius 2 is 1.76 bits per heavy atom. The molecule has 4 saturated carbocycles. The molecule has 1 heterocycles. The Balaban J connectivity index is 1.62. The summed E-state index contributed by atoms with van der Waals surface area (Å²) < 4.78 is 13.1. The number of aliphatic hydroxyl groups excluding tert-OH is 1. The van der Waals surface area contributed by atoms with E-state index in [0.717, 1.165) is 6.26 Å².